The summed E-state index contributed by atoms with van der Waals surface area (Å²) in [5, 5.41) is 12.1. The number of nitrogens with two attached hydrogens (primary N) is 1. The van der Waals surface area contributed by atoms with Crippen LogP contribution in [0, 0.1) is 5.41 Å². The molecule has 130 valence electrons. The van der Waals surface area contributed by atoms with E-state index >= 15 is 0 Å². The van der Waals surface area contributed by atoms with Gasteiger partial charge in [0.05, 0.1) is 10.4 Å². The van der Waals surface area contributed by atoms with E-state index in [1.165, 1.54) is 11.8 Å². The first-order chi connectivity index (χ1) is 11.5. The number of aromatic nitrogens is 3. The van der Waals surface area contributed by atoms with Gasteiger partial charge in [0.15, 0.2) is 5.16 Å². The summed E-state index contributed by atoms with van der Waals surface area (Å²) >= 11 is 7.76. The number of halogens is 1. The van der Waals surface area contributed by atoms with Crippen LogP contribution in [0.3, 0.4) is 0 Å². The number of amides is 1. The molecule has 0 aliphatic carbocycles. The molecule has 8 heteroatoms. The van der Waals surface area contributed by atoms with E-state index in [0.29, 0.717) is 30.1 Å². The summed E-state index contributed by atoms with van der Waals surface area (Å²) in [5.74, 6) is -0.0697. The molecule has 2 aromatic rings. The minimum absolute atomic E-state index is 0.0697. The SMILES string of the molecule is CCC(CC)(CN)C(=O)Nc1ccc(Sc2nncn2C)c(Cl)c1. The van der Waals surface area contributed by atoms with Crippen molar-refractivity contribution in [2.75, 3.05) is 11.9 Å². The molecule has 0 aliphatic rings. The molecule has 1 aromatic heterocycles. The zero-order valence-corrected chi connectivity index (χ0v) is 15.6. The minimum atomic E-state index is -0.543. The van der Waals surface area contributed by atoms with Gasteiger partial charge in [-0.25, -0.2) is 0 Å². The summed E-state index contributed by atoms with van der Waals surface area (Å²) in [7, 11) is 1.87. The fraction of sp³-hybridized carbons (Fsp3) is 0.438. The fourth-order valence-corrected chi connectivity index (χ4v) is 3.41. The number of nitrogens with one attached hydrogen (secondary N) is 1. The molecular weight excluding hydrogens is 346 g/mol. The highest BCUT2D eigenvalue weighted by atomic mass is 35.5. The van der Waals surface area contributed by atoms with Crippen LogP contribution in [0.2, 0.25) is 5.02 Å². The summed E-state index contributed by atoms with van der Waals surface area (Å²) in [6, 6.07) is 5.43. The first-order valence-electron chi connectivity index (χ1n) is 7.78. The minimum Gasteiger partial charge on any atom is -0.329 e. The summed E-state index contributed by atoms with van der Waals surface area (Å²) < 4.78 is 1.81. The van der Waals surface area contributed by atoms with Crippen LogP contribution in [0.4, 0.5) is 5.69 Å². The van der Waals surface area contributed by atoms with Gasteiger partial charge in [-0.1, -0.05) is 25.4 Å². The van der Waals surface area contributed by atoms with Crippen LogP contribution in [0.25, 0.3) is 0 Å². The average molecular weight is 368 g/mol. The van der Waals surface area contributed by atoms with Gasteiger partial charge in [0.1, 0.15) is 6.33 Å². The van der Waals surface area contributed by atoms with Gasteiger partial charge in [-0.2, -0.15) is 0 Å². The van der Waals surface area contributed by atoms with Gasteiger partial charge < -0.3 is 15.6 Å². The Hall–Kier alpha value is -1.57. The molecule has 6 nitrogen and oxygen atoms in total. The molecule has 1 aromatic carbocycles. The first kappa shape index (κ1) is 18.8. The highest BCUT2D eigenvalue weighted by molar-refractivity contribution is 7.99. The second-order valence-electron chi connectivity index (χ2n) is 5.62. The van der Waals surface area contributed by atoms with Gasteiger partial charge >= 0.3 is 0 Å². The second kappa shape index (κ2) is 8.00. The van der Waals surface area contributed by atoms with Gasteiger partial charge in [-0.15, -0.1) is 10.2 Å². The number of hydrogen-bond acceptors (Lipinski definition) is 5. The van der Waals surface area contributed by atoms with E-state index in [1.54, 1.807) is 12.4 Å². The second-order valence-corrected chi connectivity index (χ2v) is 7.03. The fourth-order valence-electron chi connectivity index (χ4n) is 2.34. The van der Waals surface area contributed by atoms with Crippen molar-refractivity contribution in [1.82, 2.24) is 14.8 Å². The zero-order valence-electron chi connectivity index (χ0n) is 14.0. The molecule has 0 aliphatic heterocycles. The molecule has 0 saturated heterocycles. The lowest BCUT2D eigenvalue weighted by Crippen LogP contribution is -2.41. The highest BCUT2D eigenvalue weighted by Crippen LogP contribution is 2.34. The number of nitrogens with zero attached hydrogens (tertiary/aromatic N) is 3. The lowest BCUT2D eigenvalue weighted by molar-refractivity contribution is -0.125. The van der Waals surface area contributed by atoms with Crippen molar-refractivity contribution in [2.24, 2.45) is 18.2 Å². The van der Waals surface area contributed by atoms with E-state index in [0.717, 1.165) is 10.1 Å². The lowest BCUT2D eigenvalue weighted by Gasteiger charge is -2.28. The number of carbonyl (C=O) groups excluding carboxylic acids is 1. The Balaban J connectivity index is 2.15. The molecule has 0 bridgehead atoms. The van der Waals surface area contributed by atoms with Gasteiger partial charge in [0.25, 0.3) is 0 Å². The number of anilines is 1. The number of rotatable bonds is 7. The van der Waals surface area contributed by atoms with E-state index in [1.807, 2.05) is 37.6 Å². The predicted molar refractivity (Wildman–Crippen MR) is 97.3 cm³/mol. The van der Waals surface area contributed by atoms with Crippen molar-refractivity contribution in [3.8, 4) is 0 Å². The third-order valence-electron chi connectivity index (χ3n) is 4.29. The molecular formula is C16H22ClN5OS. The van der Waals surface area contributed by atoms with E-state index in [-0.39, 0.29) is 5.91 Å². The zero-order chi connectivity index (χ0) is 17.7. The van der Waals surface area contributed by atoms with Crippen molar-refractivity contribution in [2.45, 2.75) is 36.7 Å². The molecule has 0 radical (unpaired) electrons. The quantitative estimate of drug-likeness (QED) is 0.783. The van der Waals surface area contributed by atoms with E-state index in [4.69, 9.17) is 17.3 Å². The molecule has 1 heterocycles. The van der Waals surface area contributed by atoms with Crippen LogP contribution < -0.4 is 11.1 Å². The standard InChI is InChI=1S/C16H22ClN5OS/c1-4-16(5-2,9-18)14(23)20-11-6-7-13(12(17)8-11)24-15-21-19-10-22(15)3/h6-8,10H,4-5,9,18H2,1-3H3,(H,20,23). The molecule has 0 unspecified atom stereocenters. The van der Waals surface area contributed by atoms with E-state index in [2.05, 4.69) is 15.5 Å². The average Bonchev–Trinajstić information content (AvgIpc) is 2.97. The van der Waals surface area contributed by atoms with Crippen LogP contribution in [0.15, 0.2) is 34.6 Å². The predicted octanol–water partition coefficient (Wildman–Crippen LogP) is 3.32. The van der Waals surface area contributed by atoms with Crippen LogP contribution in [0.1, 0.15) is 26.7 Å². The smallest absolute Gasteiger partial charge is 0.231 e. The summed E-state index contributed by atoms with van der Waals surface area (Å²) in [6.45, 7) is 4.27. The molecule has 0 fully saturated rings. The maximum absolute atomic E-state index is 12.6. The Morgan fingerprint density at radius 3 is 2.62 bits per heavy atom. The van der Waals surface area contributed by atoms with Crippen molar-refractivity contribution in [1.29, 1.82) is 0 Å². The van der Waals surface area contributed by atoms with Crippen LogP contribution in [-0.4, -0.2) is 27.2 Å². The van der Waals surface area contributed by atoms with Crippen molar-refractivity contribution >= 4 is 35.0 Å². The van der Waals surface area contributed by atoms with E-state index in [9.17, 15) is 4.79 Å². The largest absolute Gasteiger partial charge is 0.329 e. The molecule has 2 rings (SSSR count). The van der Waals surface area contributed by atoms with Crippen LogP contribution in [0.5, 0.6) is 0 Å². The van der Waals surface area contributed by atoms with Crippen molar-refractivity contribution in [3.05, 3.63) is 29.5 Å². The van der Waals surface area contributed by atoms with Crippen LogP contribution >= 0.6 is 23.4 Å². The maximum atomic E-state index is 12.6. The van der Waals surface area contributed by atoms with Crippen molar-refractivity contribution in [3.63, 3.8) is 0 Å². The number of carbonyl (C=O) groups is 1. The molecule has 0 spiro atoms. The number of hydrogen-bond donors (Lipinski definition) is 2. The Morgan fingerprint density at radius 2 is 2.12 bits per heavy atom. The third-order valence-corrected chi connectivity index (χ3v) is 5.84. The Morgan fingerprint density at radius 1 is 1.42 bits per heavy atom. The van der Waals surface area contributed by atoms with Crippen LogP contribution in [-0.2, 0) is 11.8 Å². The Kier molecular flexibility index (Phi) is 6.26. The Labute approximate surface area is 151 Å². The molecule has 24 heavy (non-hydrogen) atoms. The van der Waals surface area contributed by atoms with Crippen molar-refractivity contribution < 1.29 is 4.79 Å². The highest BCUT2D eigenvalue weighted by Gasteiger charge is 2.33. The molecule has 0 atom stereocenters. The molecule has 1 amide bonds. The summed E-state index contributed by atoms with van der Waals surface area (Å²) in [6.07, 6.45) is 3.02. The number of aryl methyl sites for hydroxylation is 1. The third kappa shape index (κ3) is 3.91. The number of benzene rings is 1. The topological polar surface area (TPSA) is 85.8 Å². The Bertz CT molecular complexity index is 706. The molecule has 3 N–H and O–H groups in total. The van der Waals surface area contributed by atoms with Gasteiger partial charge in [-0.3, -0.25) is 4.79 Å². The maximum Gasteiger partial charge on any atom is 0.231 e. The summed E-state index contributed by atoms with van der Waals surface area (Å²) in [4.78, 5) is 13.4. The first-order valence-corrected chi connectivity index (χ1v) is 8.98. The van der Waals surface area contributed by atoms with Gasteiger partial charge in [-0.05, 0) is 42.8 Å². The normalized spacial score (nSPS) is 11.5. The van der Waals surface area contributed by atoms with Gasteiger partial charge in [0, 0.05) is 24.2 Å². The van der Waals surface area contributed by atoms with E-state index < -0.39 is 5.41 Å². The van der Waals surface area contributed by atoms with Gasteiger partial charge in [0.2, 0.25) is 5.91 Å². The summed E-state index contributed by atoms with van der Waals surface area (Å²) in [5.41, 5.74) is 5.94. The lowest BCUT2D eigenvalue weighted by atomic mass is 9.81. The monoisotopic (exact) mass is 367 g/mol. The molecule has 0 saturated carbocycles.